The van der Waals surface area contributed by atoms with Gasteiger partial charge in [0.25, 0.3) is 0 Å². The third-order valence-electron chi connectivity index (χ3n) is 5.03. The maximum Gasteiger partial charge on any atom is 0.161 e. The molecular weight excluding hydrogens is 314 g/mol. The lowest BCUT2D eigenvalue weighted by atomic mass is 10.0. The lowest BCUT2D eigenvalue weighted by Crippen LogP contribution is -2.51. The van der Waals surface area contributed by atoms with Gasteiger partial charge in [-0.25, -0.2) is 0 Å². The Morgan fingerprint density at radius 3 is 2.72 bits per heavy atom. The fourth-order valence-corrected chi connectivity index (χ4v) is 3.32. The SMILES string of the molecule is CCCCOc1cc(C(C#N)N2CCN(C)C(CC)C2)ccc1OC. The Balaban J connectivity index is 2.19. The third kappa shape index (κ3) is 4.87. The van der Waals surface area contributed by atoms with E-state index in [1.54, 1.807) is 7.11 Å². The number of benzene rings is 1. The maximum absolute atomic E-state index is 9.81. The molecule has 2 atom stereocenters. The minimum atomic E-state index is -0.248. The Labute approximate surface area is 152 Å². The molecule has 2 unspecified atom stereocenters. The van der Waals surface area contributed by atoms with Crippen molar-refractivity contribution in [2.45, 2.75) is 45.2 Å². The van der Waals surface area contributed by atoms with Gasteiger partial charge in [-0.3, -0.25) is 4.90 Å². The lowest BCUT2D eigenvalue weighted by Gasteiger charge is -2.41. The number of nitriles is 1. The van der Waals surface area contributed by atoms with Crippen molar-refractivity contribution in [2.75, 3.05) is 40.4 Å². The highest BCUT2D eigenvalue weighted by atomic mass is 16.5. The van der Waals surface area contributed by atoms with E-state index in [0.717, 1.165) is 56.0 Å². The number of hydrogen-bond donors (Lipinski definition) is 0. The second-order valence-electron chi connectivity index (χ2n) is 6.68. The molecule has 1 heterocycles. The molecule has 0 N–H and O–H groups in total. The Hall–Kier alpha value is -1.77. The van der Waals surface area contributed by atoms with E-state index < -0.39 is 0 Å². The molecule has 5 heteroatoms. The van der Waals surface area contributed by atoms with E-state index in [-0.39, 0.29) is 6.04 Å². The average Bonchev–Trinajstić information content (AvgIpc) is 2.64. The van der Waals surface area contributed by atoms with Crippen molar-refractivity contribution in [3.63, 3.8) is 0 Å². The number of methoxy groups -OCH3 is 1. The summed E-state index contributed by atoms with van der Waals surface area (Å²) in [5, 5.41) is 9.81. The number of hydrogen-bond acceptors (Lipinski definition) is 5. The molecule has 0 aliphatic carbocycles. The number of rotatable bonds is 8. The van der Waals surface area contributed by atoms with Gasteiger partial charge >= 0.3 is 0 Å². The zero-order valence-electron chi connectivity index (χ0n) is 16.0. The number of likely N-dealkylation sites (N-methyl/N-ethyl adjacent to an activating group) is 1. The fraction of sp³-hybridized carbons (Fsp3) is 0.650. The average molecular weight is 345 g/mol. The van der Waals surface area contributed by atoms with E-state index in [0.29, 0.717) is 12.6 Å². The van der Waals surface area contributed by atoms with Crippen LogP contribution in [0.2, 0.25) is 0 Å². The van der Waals surface area contributed by atoms with Gasteiger partial charge in [0, 0.05) is 25.7 Å². The van der Waals surface area contributed by atoms with Crippen LogP contribution in [0.25, 0.3) is 0 Å². The monoisotopic (exact) mass is 345 g/mol. The standard InChI is InChI=1S/C20H31N3O2/c1-5-7-12-25-20-13-16(8-9-19(20)24-4)18(14-21)23-11-10-22(3)17(6-2)15-23/h8-9,13,17-18H,5-7,10-12,15H2,1-4H3. The summed E-state index contributed by atoms with van der Waals surface area (Å²) in [5.74, 6) is 1.45. The summed E-state index contributed by atoms with van der Waals surface area (Å²) in [6.07, 6.45) is 3.19. The molecule has 0 aromatic heterocycles. The van der Waals surface area contributed by atoms with Crippen molar-refractivity contribution < 1.29 is 9.47 Å². The Kier molecular flexibility index (Phi) is 7.54. The van der Waals surface area contributed by atoms with E-state index in [4.69, 9.17) is 9.47 Å². The van der Waals surface area contributed by atoms with E-state index in [9.17, 15) is 5.26 Å². The van der Waals surface area contributed by atoms with Crippen LogP contribution in [0.1, 0.15) is 44.7 Å². The van der Waals surface area contributed by atoms with E-state index >= 15 is 0 Å². The predicted octanol–water partition coefficient (Wildman–Crippen LogP) is 3.46. The Morgan fingerprint density at radius 2 is 2.08 bits per heavy atom. The van der Waals surface area contributed by atoms with Crippen molar-refractivity contribution >= 4 is 0 Å². The van der Waals surface area contributed by atoms with Gasteiger partial charge in [0.2, 0.25) is 0 Å². The highest BCUT2D eigenvalue weighted by molar-refractivity contribution is 5.45. The quantitative estimate of drug-likeness (QED) is 0.675. The second kappa shape index (κ2) is 9.65. The largest absolute Gasteiger partial charge is 0.493 e. The molecule has 1 aliphatic rings. The Bertz CT molecular complexity index is 585. The van der Waals surface area contributed by atoms with Gasteiger partial charge < -0.3 is 14.4 Å². The normalized spacial score (nSPS) is 20.0. The molecule has 2 rings (SSSR count). The molecule has 0 amide bonds. The summed E-state index contributed by atoms with van der Waals surface area (Å²) in [6.45, 7) is 7.83. The zero-order valence-corrected chi connectivity index (χ0v) is 16.0. The molecule has 25 heavy (non-hydrogen) atoms. The highest BCUT2D eigenvalue weighted by Gasteiger charge is 2.29. The molecular formula is C20H31N3O2. The first-order valence-corrected chi connectivity index (χ1v) is 9.29. The molecule has 1 saturated heterocycles. The lowest BCUT2D eigenvalue weighted by molar-refractivity contribution is 0.0772. The molecule has 0 bridgehead atoms. The van der Waals surface area contributed by atoms with Crippen LogP contribution in [0.5, 0.6) is 11.5 Å². The first kappa shape index (κ1) is 19.6. The zero-order chi connectivity index (χ0) is 18.2. The number of piperazine rings is 1. The molecule has 1 aromatic carbocycles. The van der Waals surface area contributed by atoms with Crippen LogP contribution in [-0.4, -0.2) is 56.2 Å². The third-order valence-corrected chi connectivity index (χ3v) is 5.03. The minimum Gasteiger partial charge on any atom is -0.493 e. The second-order valence-corrected chi connectivity index (χ2v) is 6.68. The molecule has 5 nitrogen and oxygen atoms in total. The maximum atomic E-state index is 9.81. The summed E-state index contributed by atoms with van der Waals surface area (Å²) in [4.78, 5) is 4.67. The molecule has 138 valence electrons. The molecule has 1 fully saturated rings. The van der Waals surface area contributed by atoms with Crippen LogP contribution in [0, 0.1) is 11.3 Å². The van der Waals surface area contributed by atoms with Crippen molar-refractivity contribution in [3.05, 3.63) is 23.8 Å². The molecule has 1 aliphatic heterocycles. The van der Waals surface area contributed by atoms with Gasteiger partial charge in [0.15, 0.2) is 11.5 Å². The predicted molar refractivity (Wildman–Crippen MR) is 100 cm³/mol. The van der Waals surface area contributed by atoms with Gasteiger partial charge in [-0.15, -0.1) is 0 Å². The Morgan fingerprint density at radius 1 is 1.28 bits per heavy atom. The highest BCUT2D eigenvalue weighted by Crippen LogP contribution is 2.33. The van der Waals surface area contributed by atoms with Gasteiger partial charge in [0.1, 0.15) is 6.04 Å². The van der Waals surface area contributed by atoms with Crippen molar-refractivity contribution in [1.82, 2.24) is 9.80 Å². The molecule has 0 radical (unpaired) electrons. The van der Waals surface area contributed by atoms with Gasteiger partial charge in [-0.2, -0.15) is 5.26 Å². The number of nitrogens with zero attached hydrogens (tertiary/aromatic N) is 3. The summed E-state index contributed by atoms with van der Waals surface area (Å²) in [5.41, 5.74) is 0.981. The molecule has 0 saturated carbocycles. The van der Waals surface area contributed by atoms with Crippen LogP contribution in [0.3, 0.4) is 0 Å². The topological polar surface area (TPSA) is 48.7 Å². The van der Waals surface area contributed by atoms with Gasteiger partial charge in [-0.05, 0) is 37.6 Å². The summed E-state index contributed by atoms with van der Waals surface area (Å²) in [7, 11) is 3.82. The fourth-order valence-electron chi connectivity index (χ4n) is 3.32. The summed E-state index contributed by atoms with van der Waals surface area (Å²) in [6, 6.07) is 8.62. The van der Waals surface area contributed by atoms with Gasteiger partial charge in [0.05, 0.1) is 19.8 Å². The summed E-state index contributed by atoms with van der Waals surface area (Å²) >= 11 is 0. The van der Waals surface area contributed by atoms with Gasteiger partial charge in [-0.1, -0.05) is 26.3 Å². The molecule has 1 aromatic rings. The van der Waals surface area contributed by atoms with Crippen molar-refractivity contribution in [2.24, 2.45) is 0 Å². The van der Waals surface area contributed by atoms with E-state index in [1.165, 1.54) is 0 Å². The first-order valence-electron chi connectivity index (χ1n) is 9.29. The number of ether oxygens (including phenoxy) is 2. The minimum absolute atomic E-state index is 0.248. The van der Waals surface area contributed by atoms with E-state index in [2.05, 4.69) is 36.8 Å². The number of unbranched alkanes of at least 4 members (excludes halogenated alkanes) is 1. The smallest absolute Gasteiger partial charge is 0.161 e. The van der Waals surface area contributed by atoms with Crippen LogP contribution in [0.15, 0.2) is 18.2 Å². The van der Waals surface area contributed by atoms with Crippen LogP contribution in [0.4, 0.5) is 0 Å². The molecule has 0 spiro atoms. The van der Waals surface area contributed by atoms with Crippen molar-refractivity contribution in [3.8, 4) is 17.6 Å². The van der Waals surface area contributed by atoms with Crippen molar-refractivity contribution in [1.29, 1.82) is 5.26 Å². The van der Waals surface area contributed by atoms with Crippen LogP contribution < -0.4 is 9.47 Å². The first-order chi connectivity index (χ1) is 12.1. The summed E-state index contributed by atoms with van der Waals surface area (Å²) < 4.78 is 11.3. The van der Waals surface area contributed by atoms with Crippen LogP contribution >= 0.6 is 0 Å². The van der Waals surface area contributed by atoms with Crippen LogP contribution in [-0.2, 0) is 0 Å². The van der Waals surface area contributed by atoms with E-state index in [1.807, 2.05) is 18.2 Å².